The molecule has 2 atom stereocenters. The monoisotopic (exact) mass is 510 g/mol. The number of likely N-dealkylation sites (tertiary alicyclic amines) is 1. The maximum absolute atomic E-state index is 12.9. The molecule has 0 bridgehead atoms. The molecule has 3 aromatic heterocycles. The van der Waals surface area contributed by atoms with Gasteiger partial charge in [-0.25, -0.2) is 9.78 Å². The fourth-order valence-electron chi connectivity index (χ4n) is 3.86. The summed E-state index contributed by atoms with van der Waals surface area (Å²) in [4.78, 5) is 34.2. The van der Waals surface area contributed by atoms with Gasteiger partial charge in [0, 0.05) is 34.5 Å². The van der Waals surface area contributed by atoms with Gasteiger partial charge < -0.3 is 19.8 Å². The minimum atomic E-state index is -0.962. The van der Waals surface area contributed by atoms with Crippen LogP contribution in [-0.4, -0.2) is 54.1 Å². The number of pyridine rings is 1. The lowest BCUT2D eigenvalue weighted by Gasteiger charge is -2.42. The van der Waals surface area contributed by atoms with Crippen LogP contribution in [0.15, 0.2) is 51.7 Å². The van der Waals surface area contributed by atoms with E-state index in [2.05, 4.69) is 36.4 Å². The molecule has 1 aromatic carbocycles. The highest BCUT2D eigenvalue weighted by molar-refractivity contribution is 9.10. The van der Waals surface area contributed by atoms with E-state index in [1.807, 2.05) is 38.1 Å². The smallest absolute Gasteiger partial charge is 0.407 e. The van der Waals surface area contributed by atoms with Crippen LogP contribution in [0.3, 0.4) is 0 Å². The summed E-state index contributed by atoms with van der Waals surface area (Å²) in [6.07, 6.45) is 2.34. The van der Waals surface area contributed by atoms with E-state index in [9.17, 15) is 9.59 Å². The highest BCUT2D eigenvalue weighted by Crippen LogP contribution is 2.34. The van der Waals surface area contributed by atoms with Gasteiger partial charge in [0.15, 0.2) is 0 Å². The number of aromatic nitrogens is 4. The van der Waals surface area contributed by atoms with Crippen LogP contribution in [0.25, 0.3) is 17.0 Å². The summed E-state index contributed by atoms with van der Waals surface area (Å²) in [6, 6.07) is 8.94. The number of hydrogen-bond donors (Lipinski definition) is 2. The fourth-order valence-corrected chi connectivity index (χ4v) is 4.18. The Morgan fingerprint density at radius 1 is 1.27 bits per heavy atom. The van der Waals surface area contributed by atoms with Crippen molar-refractivity contribution in [3.05, 3.63) is 64.3 Å². The number of carboxylic acid groups (broad SMARTS) is 1. The second-order valence-corrected chi connectivity index (χ2v) is 8.85. The third kappa shape index (κ3) is 3.74. The molecule has 1 aliphatic rings. The molecule has 11 heteroatoms. The summed E-state index contributed by atoms with van der Waals surface area (Å²) < 4.78 is 8.00. The highest BCUT2D eigenvalue weighted by atomic mass is 79.9. The van der Waals surface area contributed by atoms with Crippen molar-refractivity contribution in [3.8, 4) is 11.4 Å². The van der Waals surface area contributed by atoms with Gasteiger partial charge in [0.25, 0.3) is 5.91 Å². The average molecular weight is 511 g/mol. The van der Waals surface area contributed by atoms with Gasteiger partial charge in [0.1, 0.15) is 11.3 Å². The zero-order valence-electron chi connectivity index (χ0n) is 17.7. The second-order valence-electron chi connectivity index (χ2n) is 7.94. The SMILES string of the molecule is Cc1ccc(-c2noc(C3CN(C(=O)O)C3C)n2)cc1NC(=O)c1cnc2cc(Br)ccn12. The first kappa shape index (κ1) is 21.1. The maximum atomic E-state index is 12.9. The van der Waals surface area contributed by atoms with E-state index < -0.39 is 6.09 Å². The quantitative estimate of drug-likeness (QED) is 0.421. The van der Waals surface area contributed by atoms with E-state index in [-0.39, 0.29) is 17.9 Å². The number of aryl methyl sites for hydroxylation is 1. The Morgan fingerprint density at radius 3 is 2.85 bits per heavy atom. The van der Waals surface area contributed by atoms with Crippen LogP contribution >= 0.6 is 15.9 Å². The van der Waals surface area contributed by atoms with Gasteiger partial charge in [-0.2, -0.15) is 4.98 Å². The van der Waals surface area contributed by atoms with Crippen molar-refractivity contribution >= 4 is 39.3 Å². The molecule has 0 spiro atoms. The number of nitrogens with one attached hydrogen (secondary N) is 1. The number of halogens is 1. The Hall–Kier alpha value is -3.73. The van der Waals surface area contributed by atoms with Crippen LogP contribution in [0.1, 0.15) is 34.8 Å². The van der Waals surface area contributed by atoms with Crippen molar-refractivity contribution in [1.82, 2.24) is 24.4 Å². The molecule has 10 nitrogen and oxygen atoms in total. The number of amides is 2. The lowest BCUT2D eigenvalue weighted by Crippen LogP contribution is -2.55. The zero-order valence-corrected chi connectivity index (χ0v) is 19.3. The summed E-state index contributed by atoms with van der Waals surface area (Å²) >= 11 is 3.40. The first-order valence-corrected chi connectivity index (χ1v) is 11.0. The van der Waals surface area contributed by atoms with Crippen molar-refractivity contribution in [2.24, 2.45) is 0 Å². The molecule has 1 saturated heterocycles. The van der Waals surface area contributed by atoms with Gasteiger partial charge in [-0.3, -0.25) is 9.20 Å². The average Bonchev–Trinajstić information content (AvgIpc) is 3.41. The van der Waals surface area contributed by atoms with Gasteiger partial charge >= 0.3 is 6.09 Å². The molecule has 5 rings (SSSR count). The number of anilines is 1. The molecule has 168 valence electrons. The molecular weight excluding hydrogens is 492 g/mol. The van der Waals surface area contributed by atoms with E-state index >= 15 is 0 Å². The normalized spacial score (nSPS) is 17.7. The summed E-state index contributed by atoms with van der Waals surface area (Å²) in [5, 5.41) is 16.1. The van der Waals surface area contributed by atoms with E-state index in [0.717, 1.165) is 10.0 Å². The van der Waals surface area contributed by atoms with Crippen LogP contribution in [-0.2, 0) is 0 Å². The predicted molar refractivity (Wildman–Crippen MR) is 122 cm³/mol. The molecule has 2 amide bonds. The molecule has 2 unspecified atom stereocenters. The van der Waals surface area contributed by atoms with E-state index in [1.54, 1.807) is 16.7 Å². The van der Waals surface area contributed by atoms with Crippen LogP contribution in [0.2, 0.25) is 0 Å². The number of fused-ring (bicyclic) bond motifs is 1. The molecule has 1 aliphatic heterocycles. The minimum absolute atomic E-state index is 0.137. The minimum Gasteiger partial charge on any atom is -0.465 e. The fraction of sp³-hybridized carbons (Fsp3) is 0.227. The molecule has 4 aromatic rings. The summed E-state index contributed by atoms with van der Waals surface area (Å²) in [5.41, 5.74) is 3.23. The van der Waals surface area contributed by atoms with Crippen molar-refractivity contribution in [1.29, 1.82) is 0 Å². The molecule has 1 fully saturated rings. The molecule has 0 saturated carbocycles. The van der Waals surface area contributed by atoms with Crippen molar-refractivity contribution in [2.75, 3.05) is 11.9 Å². The van der Waals surface area contributed by atoms with Crippen molar-refractivity contribution in [2.45, 2.75) is 25.8 Å². The summed E-state index contributed by atoms with van der Waals surface area (Å²) in [5.74, 6) is 0.345. The largest absolute Gasteiger partial charge is 0.465 e. The van der Waals surface area contributed by atoms with Crippen LogP contribution in [0, 0.1) is 6.92 Å². The zero-order chi connectivity index (χ0) is 23.3. The van der Waals surface area contributed by atoms with Gasteiger partial charge in [-0.05, 0) is 37.6 Å². The Labute approximate surface area is 196 Å². The molecule has 0 aliphatic carbocycles. The molecule has 2 N–H and O–H groups in total. The molecule has 0 radical (unpaired) electrons. The third-order valence-corrected chi connectivity index (χ3v) is 6.42. The number of carbonyl (C=O) groups excluding carboxylic acids is 1. The Kier molecular flexibility index (Phi) is 5.12. The number of carbonyl (C=O) groups is 2. The van der Waals surface area contributed by atoms with E-state index in [4.69, 9.17) is 9.63 Å². The first-order valence-electron chi connectivity index (χ1n) is 10.2. The maximum Gasteiger partial charge on any atom is 0.407 e. The number of rotatable bonds is 4. The van der Waals surface area contributed by atoms with Crippen LogP contribution in [0.4, 0.5) is 10.5 Å². The number of imidazole rings is 1. The summed E-state index contributed by atoms with van der Waals surface area (Å²) in [7, 11) is 0. The number of nitrogens with zero attached hydrogens (tertiary/aromatic N) is 5. The van der Waals surface area contributed by atoms with E-state index in [0.29, 0.717) is 40.9 Å². The third-order valence-electron chi connectivity index (χ3n) is 5.92. The van der Waals surface area contributed by atoms with E-state index in [1.165, 1.54) is 11.1 Å². The number of benzene rings is 1. The number of hydrogen-bond acceptors (Lipinski definition) is 6. The van der Waals surface area contributed by atoms with Crippen molar-refractivity contribution < 1.29 is 19.2 Å². The topological polar surface area (TPSA) is 126 Å². The van der Waals surface area contributed by atoms with Gasteiger partial charge in [0.05, 0.1) is 12.1 Å². The highest BCUT2D eigenvalue weighted by Gasteiger charge is 2.43. The summed E-state index contributed by atoms with van der Waals surface area (Å²) in [6.45, 7) is 4.02. The Bertz CT molecular complexity index is 1400. The lowest BCUT2D eigenvalue weighted by atomic mass is 9.90. The van der Waals surface area contributed by atoms with Gasteiger partial charge in [0.2, 0.25) is 11.7 Å². The molecule has 4 heterocycles. The predicted octanol–water partition coefficient (Wildman–Crippen LogP) is 4.17. The lowest BCUT2D eigenvalue weighted by molar-refractivity contribution is 0.0533. The van der Waals surface area contributed by atoms with Gasteiger partial charge in [-0.15, -0.1) is 0 Å². The standard InChI is InChI=1S/C22H19BrN6O4/c1-11-3-4-13(19-26-21(33-27-19)15-10-29(12(15)2)22(31)32)7-16(11)25-20(30)17-9-24-18-8-14(23)5-6-28(17)18/h3-9,12,15H,10H2,1-2H3,(H,25,30)(H,31,32). The Balaban J connectivity index is 1.37. The van der Waals surface area contributed by atoms with Gasteiger partial charge in [-0.1, -0.05) is 33.2 Å². The van der Waals surface area contributed by atoms with Crippen molar-refractivity contribution in [3.63, 3.8) is 0 Å². The first-order chi connectivity index (χ1) is 15.8. The van der Waals surface area contributed by atoms with Crippen LogP contribution in [0.5, 0.6) is 0 Å². The van der Waals surface area contributed by atoms with Crippen LogP contribution < -0.4 is 5.32 Å². The Morgan fingerprint density at radius 2 is 2.09 bits per heavy atom. The molecule has 33 heavy (non-hydrogen) atoms. The second kappa shape index (κ2) is 8.00. The molecular formula is C22H19BrN6O4.